The number of amides is 1. The van der Waals surface area contributed by atoms with Crippen molar-refractivity contribution in [2.45, 2.75) is 18.4 Å². The van der Waals surface area contributed by atoms with Crippen LogP contribution in [0.25, 0.3) is 0 Å². The molecule has 0 heterocycles. The Morgan fingerprint density at radius 1 is 1.18 bits per heavy atom. The van der Waals surface area contributed by atoms with Crippen molar-refractivity contribution in [3.63, 3.8) is 0 Å². The van der Waals surface area contributed by atoms with E-state index in [1.165, 1.54) is 0 Å². The molecule has 1 amide bonds. The van der Waals surface area contributed by atoms with Crippen LogP contribution >= 0.6 is 0 Å². The summed E-state index contributed by atoms with van der Waals surface area (Å²) in [5.41, 5.74) is 15.1. The summed E-state index contributed by atoms with van der Waals surface area (Å²) in [7, 11) is 0. The Kier molecular flexibility index (Phi) is 4.37. The van der Waals surface area contributed by atoms with Gasteiger partial charge in [-0.2, -0.15) is 0 Å². The molecule has 5 heteroatoms. The molecule has 0 aliphatic heterocycles. The number of primary amides is 1. The zero-order valence-electron chi connectivity index (χ0n) is 9.56. The molecule has 5 nitrogen and oxygen atoms in total. The third-order valence-electron chi connectivity index (χ3n) is 2.66. The quantitative estimate of drug-likeness (QED) is 0.467. The number of hydrogen-bond donors (Lipinski definition) is 3. The largest absolute Gasteiger partial charge is 0.368 e. The van der Waals surface area contributed by atoms with Crippen LogP contribution in [0.1, 0.15) is 23.2 Å². The van der Waals surface area contributed by atoms with Gasteiger partial charge in [-0.25, -0.2) is 0 Å². The maximum absolute atomic E-state index is 12.1. The average Bonchev–Trinajstić information content (AvgIpc) is 2.35. The van der Waals surface area contributed by atoms with E-state index in [0.717, 1.165) is 0 Å². The molecule has 92 valence electrons. The van der Waals surface area contributed by atoms with Crippen molar-refractivity contribution < 1.29 is 9.59 Å². The van der Waals surface area contributed by atoms with Gasteiger partial charge in [0.25, 0.3) is 0 Å². The van der Waals surface area contributed by atoms with E-state index in [9.17, 15) is 9.59 Å². The van der Waals surface area contributed by atoms with Gasteiger partial charge in [0.2, 0.25) is 5.91 Å². The summed E-state index contributed by atoms with van der Waals surface area (Å²) in [5.74, 6) is -1.28. The molecule has 0 saturated heterocycles. The lowest BCUT2D eigenvalue weighted by Gasteiger charge is -2.24. The second-order valence-electron chi connectivity index (χ2n) is 3.92. The fourth-order valence-corrected chi connectivity index (χ4v) is 1.58. The molecular weight excluding hydrogens is 218 g/mol. The van der Waals surface area contributed by atoms with Crippen LogP contribution in [-0.2, 0) is 4.79 Å². The van der Waals surface area contributed by atoms with Gasteiger partial charge in [0.05, 0.1) is 0 Å². The lowest BCUT2D eigenvalue weighted by atomic mass is 9.85. The first-order valence-electron chi connectivity index (χ1n) is 5.41. The molecule has 0 fully saturated rings. The maximum Gasteiger partial charge on any atom is 0.245 e. The number of hydrogen-bond acceptors (Lipinski definition) is 4. The predicted octanol–water partition coefficient (Wildman–Crippen LogP) is -0.209. The predicted molar refractivity (Wildman–Crippen MR) is 65.2 cm³/mol. The zero-order chi connectivity index (χ0) is 12.9. The number of ketones is 1. The third kappa shape index (κ3) is 2.89. The summed E-state index contributed by atoms with van der Waals surface area (Å²) in [4.78, 5) is 23.5. The van der Waals surface area contributed by atoms with Crippen LogP contribution in [0.4, 0.5) is 0 Å². The van der Waals surface area contributed by atoms with Crippen LogP contribution in [0.5, 0.6) is 0 Å². The Labute approximate surface area is 100.0 Å². The van der Waals surface area contributed by atoms with Gasteiger partial charge < -0.3 is 17.2 Å². The van der Waals surface area contributed by atoms with Crippen molar-refractivity contribution in [1.82, 2.24) is 0 Å². The molecule has 0 unspecified atom stereocenters. The lowest BCUT2D eigenvalue weighted by molar-refractivity contribution is -0.121. The van der Waals surface area contributed by atoms with Gasteiger partial charge in [0, 0.05) is 5.56 Å². The zero-order valence-corrected chi connectivity index (χ0v) is 9.56. The lowest BCUT2D eigenvalue weighted by Crippen LogP contribution is -2.58. The smallest absolute Gasteiger partial charge is 0.245 e. The second-order valence-corrected chi connectivity index (χ2v) is 3.92. The highest BCUT2D eigenvalue weighted by Gasteiger charge is 2.39. The van der Waals surface area contributed by atoms with Gasteiger partial charge in [-0.15, -0.1) is 0 Å². The Morgan fingerprint density at radius 2 is 1.76 bits per heavy atom. The first-order valence-corrected chi connectivity index (χ1v) is 5.41. The van der Waals surface area contributed by atoms with Crippen LogP contribution in [0.2, 0.25) is 0 Å². The van der Waals surface area contributed by atoms with Gasteiger partial charge in [0.15, 0.2) is 11.3 Å². The molecule has 0 aliphatic carbocycles. The molecule has 0 radical (unpaired) electrons. The van der Waals surface area contributed by atoms with E-state index in [0.29, 0.717) is 18.5 Å². The molecule has 6 N–H and O–H groups in total. The van der Waals surface area contributed by atoms with Crippen molar-refractivity contribution in [2.75, 3.05) is 6.54 Å². The van der Waals surface area contributed by atoms with Crippen molar-refractivity contribution in [3.8, 4) is 0 Å². The Hall–Kier alpha value is -1.72. The minimum atomic E-state index is -1.67. The van der Waals surface area contributed by atoms with E-state index in [1.807, 2.05) is 0 Å². The SMILES string of the molecule is NCCC[C@](N)(C(N)=O)C(=O)c1ccccc1. The first-order chi connectivity index (χ1) is 8.02. The summed E-state index contributed by atoms with van der Waals surface area (Å²) in [6.07, 6.45) is 0.630. The summed E-state index contributed by atoms with van der Waals surface area (Å²) in [5, 5.41) is 0. The molecule has 0 spiro atoms. The molecule has 0 saturated carbocycles. The normalized spacial score (nSPS) is 14.0. The van der Waals surface area contributed by atoms with E-state index < -0.39 is 17.2 Å². The van der Waals surface area contributed by atoms with Gasteiger partial charge in [-0.3, -0.25) is 9.59 Å². The molecule has 0 bridgehead atoms. The molecule has 0 aliphatic rings. The Balaban J connectivity index is 2.99. The van der Waals surface area contributed by atoms with Crippen LogP contribution in [0.15, 0.2) is 30.3 Å². The van der Waals surface area contributed by atoms with Gasteiger partial charge >= 0.3 is 0 Å². The third-order valence-corrected chi connectivity index (χ3v) is 2.66. The molecule has 1 atom stereocenters. The highest BCUT2D eigenvalue weighted by molar-refractivity contribution is 6.17. The molecule has 1 aromatic carbocycles. The van der Waals surface area contributed by atoms with Crippen molar-refractivity contribution in [3.05, 3.63) is 35.9 Å². The standard InChI is InChI=1S/C12H17N3O2/c13-8-4-7-12(15,11(14)17)10(16)9-5-2-1-3-6-9/h1-3,5-6H,4,7-8,13,15H2,(H2,14,17)/t12-/m1/s1. The van der Waals surface area contributed by atoms with Gasteiger partial charge in [-0.1, -0.05) is 30.3 Å². The summed E-state index contributed by atoms with van der Waals surface area (Å²) in [6, 6.07) is 8.40. The summed E-state index contributed by atoms with van der Waals surface area (Å²) >= 11 is 0. The average molecular weight is 235 g/mol. The Bertz CT molecular complexity index is 405. The topological polar surface area (TPSA) is 112 Å². The minimum absolute atomic E-state index is 0.159. The van der Waals surface area contributed by atoms with E-state index in [4.69, 9.17) is 17.2 Å². The van der Waals surface area contributed by atoms with Crippen LogP contribution < -0.4 is 17.2 Å². The first kappa shape index (κ1) is 13.3. The Morgan fingerprint density at radius 3 is 2.24 bits per heavy atom. The molecule has 0 aromatic heterocycles. The number of carbonyl (C=O) groups is 2. The van der Waals surface area contributed by atoms with Crippen LogP contribution in [-0.4, -0.2) is 23.8 Å². The van der Waals surface area contributed by atoms with Crippen LogP contribution in [0.3, 0.4) is 0 Å². The van der Waals surface area contributed by atoms with E-state index >= 15 is 0 Å². The van der Waals surface area contributed by atoms with Gasteiger partial charge in [-0.05, 0) is 19.4 Å². The molecular formula is C12H17N3O2. The molecule has 1 aromatic rings. The minimum Gasteiger partial charge on any atom is -0.368 e. The van der Waals surface area contributed by atoms with Crippen molar-refractivity contribution in [1.29, 1.82) is 0 Å². The number of nitrogens with two attached hydrogens (primary N) is 3. The van der Waals surface area contributed by atoms with Crippen LogP contribution in [0, 0.1) is 0 Å². The molecule has 17 heavy (non-hydrogen) atoms. The van der Waals surface area contributed by atoms with E-state index in [2.05, 4.69) is 0 Å². The number of rotatable bonds is 6. The number of carbonyl (C=O) groups excluding carboxylic acids is 2. The highest BCUT2D eigenvalue weighted by atomic mass is 16.2. The van der Waals surface area contributed by atoms with E-state index in [1.54, 1.807) is 30.3 Å². The maximum atomic E-state index is 12.1. The second kappa shape index (κ2) is 5.56. The fourth-order valence-electron chi connectivity index (χ4n) is 1.58. The number of Topliss-reactive ketones (excluding diaryl/α,β-unsaturated/α-hetero) is 1. The van der Waals surface area contributed by atoms with E-state index in [-0.39, 0.29) is 6.42 Å². The summed E-state index contributed by atoms with van der Waals surface area (Å²) in [6.45, 7) is 0.355. The summed E-state index contributed by atoms with van der Waals surface area (Å²) < 4.78 is 0. The highest BCUT2D eigenvalue weighted by Crippen LogP contribution is 2.16. The molecule has 1 rings (SSSR count). The monoisotopic (exact) mass is 235 g/mol. The number of benzene rings is 1. The van der Waals surface area contributed by atoms with Gasteiger partial charge in [0.1, 0.15) is 0 Å². The van der Waals surface area contributed by atoms with Crippen molar-refractivity contribution >= 4 is 11.7 Å². The van der Waals surface area contributed by atoms with Crippen molar-refractivity contribution in [2.24, 2.45) is 17.2 Å². The fraction of sp³-hybridized carbons (Fsp3) is 0.333.